The van der Waals surface area contributed by atoms with Crippen molar-refractivity contribution in [2.75, 3.05) is 30.5 Å². The Hall–Kier alpha value is -1.04. The van der Waals surface area contributed by atoms with E-state index >= 15 is 0 Å². The number of hydrogen-bond acceptors (Lipinski definition) is 6. The Labute approximate surface area is 81.8 Å². The van der Waals surface area contributed by atoms with Gasteiger partial charge in [-0.2, -0.15) is 15.0 Å². The Morgan fingerprint density at radius 2 is 1.92 bits per heavy atom. The van der Waals surface area contributed by atoms with Gasteiger partial charge in [-0.05, 0) is 13.2 Å². The molecule has 0 fully saturated rings. The summed E-state index contributed by atoms with van der Waals surface area (Å²) in [6, 6.07) is 0. The van der Waals surface area contributed by atoms with Crippen molar-refractivity contribution in [3.63, 3.8) is 0 Å². The van der Waals surface area contributed by atoms with Gasteiger partial charge in [-0.1, -0.05) is 11.8 Å². The number of aromatic nitrogens is 3. The van der Waals surface area contributed by atoms with Gasteiger partial charge in [-0.3, -0.25) is 0 Å². The summed E-state index contributed by atoms with van der Waals surface area (Å²) in [5.41, 5.74) is 0. The molecule has 13 heavy (non-hydrogen) atoms. The Morgan fingerprint density at radius 1 is 1.23 bits per heavy atom. The molecule has 1 aromatic heterocycles. The lowest BCUT2D eigenvalue weighted by atomic mass is 10.7. The molecule has 0 radical (unpaired) electrons. The summed E-state index contributed by atoms with van der Waals surface area (Å²) in [5, 5.41) is 6.64. The largest absolute Gasteiger partial charge is 0.357 e. The van der Waals surface area contributed by atoms with Crippen molar-refractivity contribution in [1.29, 1.82) is 0 Å². The maximum absolute atomic E-state index is 4.18. The highest BCUT2D eigenvalue weighted by Gasteiger charge is 2.02. The summed E-state index contributed by atoms with van der Waals surface area (Å²) in [7, 11) is 1.79. The van der Waals surface area contributed by atoms with Crippen LogP contribution in [0.4, 0.5) is 11.9 Å². The van der Waals surface area contributed by atoms with Crippen LogP contribution in [0, 0.1) is 0 Å². The van der Waals surface area contributed by atoms with Crippen molar-refractivity contribution >= 4 is 23.7 Å². The van der Waals surface area contributed by atoms with Gasteiger partial charge < -0.3 is 10.6 Å². The van der Waals surface area contributed by atoms with Crippen LogP contribution in [0.2, 0.25) is 0 Å². The zero-order chi connectivity index (χ0) is 9.68. The second-order valence-corrected chi connectivity index (χ2v) is 3.02. The van der Waals surface area contributed by atoms with Gasteiger partial charge >= 0.3 is 0 Å². The van der Waals surface area contributed by atoms with Gasteiger partial charge in [0.1, 0.15) is 0 Å². The molecule has 0 unspecified atom stereocenters. The second-order valence-electron chi connectivity index (χ2n) is 2.25. The molecule has 1 rings (SSSR count). The van der Waals surface area contributed by atoms with Crippen LogP contribution in [0.25, 0.3) is 0 Å². The number of nitrogens with one attached hydrogen (secondary N) is 2. The lowest BCUT2D eigenvalue weighted by Crippen LogP contribution is -2.07. The first-order valence-electron chi connectivity index (χ1n) is 4.01. The van der Waals surface area contributed by atoms with Crippen molar-refractivity contribution in [3.8, 4) is 0 Å². The van der Waals surface area contributed by atoms with Crippen LogP contribution in [0.15, 0.2) is 5.16 Å². The Balaban J connectivity index is 2.93. The fourth-order valence-corrected chi connectivity index (χ4v) is 1.15. The summed E-state index contributed by atoms with van der Waals surface area (Å²) in [5.74, 6) is 1.21. The van der Waals surface area contributed by atoms with Crippen LogP contribution < -0.4 is 10.6 Å². The fourth-order valence-electron chi connectivity index (χ4n) is 0.797. The maximum Gasteiger partial charge on any atom is 0.228 e. The number of anilines is 2. The third-order valence-corrected chi connectivity index (χ3v) is 1.90. The molecule has 0 saturated carbocycles. The van der Waals surface area contributed by atoms with E-state index in [2.05, 4.69) is 25.6 Å². The average Bonchev–Trinajstić information content (AvgIpc) is 2.17. The van der Waals surface area contributed by atoms with Gasteiger partial charge in [-0.25, -0.2) is 0 Å². The summed E-state index contributed by atoms with van der Waals surface area (Å²) in [6.07, 6.45) is 1.94. The molecule has 2 N–H and O–H groups in total. The Morgan fingerprint density at radius 3 is 2.46 bits per heavy atom. The lowest BCUT2D eigenvalue weighted by molar-refractivity contribution is 0.905. The highest BCUT2D eigenvalue weighted by molar-refractivity contribution is 7.98. The quantitative estimate of drug-likeness (QED) is 0.707. The van der Waals surface area contributed by atoms with Gasteiger partial charge in [0.2, 0.25) is 11.9 Å². The molecule has 0 bridgehead atoms. The minimum atomic E-state index is 0.593. The molecule has 5 nitrogen and oxygen atoms in total. The summed E-state index contributed by atoms with van der Waals surface area (Å²) < 4.78 is 0. The monoisotopic (exact) mass is 199 g/mol. The van der Waals surface area contributed by atoms with E-state index in [4.69, 9.17) is 0 Å². The predicted octanol–water partition coefficient (Wildman–Crippen LogP) is 1.07. The van der Waals surface area contributed by atoms with Crippen molar-refractivity contribution in [2.45, 2.75) is 12.1 Å². The Kier molecular flexibility index (Phi) is 3.75. The van der Waals surface area contributed by atoms with Gasteiger partial charge in [-0.15, -0.1) is 0 Å². The van der Waals surface area contributed by atoms with E-state index in [1.807, 2.05) is 13.2 Å². The van der Waals surface area contributed by atoms with E-state index in [1.165, 1.54) is 11.8 Å². The Bertz CT molecular complexity index is 255. The van der Waals surface area contributed by atoms with Crippen LogP contribution >= 0.6 is 11.8 Å². The SMILES string of the molecule is CCNc1nc(NC)nc(SC)n1. The molecule has 0 aliphatic carbocycles. The first-order valence-corrected chi connectivity index (χ1v) is 5.24. The maximum atomic E-state index is 4.18. The molecule has 0 aliphatic rings. The molecule has 0 saturated heterocycles. The standard InChI is InChI=1S/C7H13N5S/c1-4-9-6-10-5(8-2)11-7(12-6)13-3/h4H2,1-3H3,(H2,8,9,10,11,12). The van der Waals surface area contributed by atoms with Crippen LogP contribution in [0.5, 0.6) is 0 Å². The van der Waals surface area contributed by atoms with Crippen LogP contribution in [-0.2, 0) is 0 Å². The first-order chi connectivity index (χ1) is 6.30. The van der Waals surface area contributed by atoms with E-state index in [1.54, 1.807) is 7.05 Å². The predicted molar refractivity (Wildman–Crippen MR) is 55.3 cm³/mol. The molecular weight excluding hydrogens is 186 g/mol. The van der Waals surface area contributed by atoms with Crippen LogP contribution in [0.1, 0.15) is 6.92 Å². The summed E-state index contributed by atoms with van der Waals surface area (Å²) in [4.78, 5) is 12.5. The van der Waals surface area contributed by atoms with Gasteiger partial charge in [0.05, 0.1) is 0 Å². The van der Waals surface area contributed by atoms with Crippen molar-refractivity contribution in [3.05, 3.63) is 0 Å². The molecular formula is C7H13N5S. The van der Waals surface area contributed by atoms with Crippen molar-refractivity contribution < 1.29 is 0 Å². The number of hydrogen-bond donors (Lipinski definition) is 2. The molecule has 0 amide bonds. The smallest absolute Gasteiger partial charge is 0.228 e. The fraction of sp³-hybridized carbons (Fsp3) is 0.571. The number of nitrogens with zero attached hydrogens (tertiary/aromatic N) is 3. The second kappa shape index (κ2) is 4.86. The topological polar surface area (TPSA) is 62.7 Å². The van der Waals surface area contributed by atoms with Crippen molar-refractivity contribution in [2.24, 2.45) is 0 Å². The molecule has 0 aromatic carbocycles. The molecule has 1 heterocycles. The highest BCUT2D eigenvalue weighted by atomic mass is 32.2. The highest BCUT2D eigenvalue weighted by Crippen LogP contribution is 2.12. The molecule has 0 aliphatic heterocycles. The van der Waals surface area contributed by atoms with E-state index in [0.717, 1.165) is 11.7 Å². The summed E-state index contributed by atoms with van der Waals surface area (Å²) >= 11 is 1.50. The zero-order valence-corrected chi connectivity index (χ0v) is 8.77. The normalized spacial score (nSPS) is 9.77. The minimum absolute atomic E-state index is 0.593. The molecule has 6 heteroatoms. The molecule has 72 valence electrons. The third-order valence-electron chi connectivity index (χ3n) is 1.36. The first kappa shape index (κ1) is 10.0. The molecule has 0 spiro atoms. The van der Waals surface area contributed by atoms with Gasteiger partial charge in [0, 0.05) is 13.6 Å². The average molecular weight is 199 g/mol. The number of rotatable bonds is 4. The van der Waals surface area contributed by atoms with E-state index < -0.39 is 0 Å². The van der Waals surface area contributed by atoms with Gasteiger partial charge in [0.25, 0.3) is 0 Å². The van der Waals surface area contributed by atoms with Crippen LogP contribution in [0.3, 0.4) is 0 Å². The summed E-state index contributed by atoms with van der Waals surface area (Å²) in [6.45, 7) is 2.81. The van der Waals surface area contributed by atoms with E-state index in [9.17, 15) is 0 Å². The van der Waals surface area contributed by atoms with Crippen LogP contribution in [-0.4, -0.2) is 34.8 Å². The van der Waals surface area contributed by atoms with Gasteiger partial charge in [0.15, 0.2) is 5.16 Å². The minimum Gasteiger partial charge on any atom is -0.357 e. The molecule has 1 aromatic rings. The number of thioether (sulfide) groups is 1. The van der Waals surface area contributed by atoms with Crippen molar-refractivity contribution in [1.82, 2.24) is 15.0 Å². The zero-order valence-electron chi connectivity index (χ0n) is 7.96. The molecule has 0 atom stereocenters. The third kappa shape index (κ3) is 2.73. The lowest BCUT2D eigenvalue weighted by Gasteiger charge is -2.04. The van der Waals surface area contributed by atoms with E-state index in [-0.39, 0.29) is 0 Å². The van der Waals surface area contributed by atoms with E-state index in [0.29, 0.717) is 11.9 Å².